The first kappa shape index (κ1) is 14.1. The van der Waals surface area contributed by atoms with Gasteiger partial charge in [0.15, 0.2) is 0 Å². The Bertz CT molecular complexity index is 565. The molecular weight excluding hydrogens is 258 g/mol. The van der Waals surface area contributed by atoms with Crippen molar-refractivity contribution >= 4 is 11.5 Å². The summed E-state index contributed by atoms with van der Waals surface area (Å²) < 4.78 is 0. The molecule has 0 saturated carbocycles. The topological polar surface area (TPSA) is 19.4 Å². The zero-order valence-corrected chi connectivity index (χ0v) is 12.9. The normalized spacial score (nSPS) is 19.4. The molecule has 3 rings (SSSR count). The van der Waals surface area contributed by atoms with Gasteiger partial charge >= 0.3 is 0 Å². The van der Waals surface area contributed by atoms with Gasteiger partial charge in [0.2, 0.25) is 0 Å². The van der Waals surface area contributed by atoms with Gasteiger partial charge in [-0.1, -0.05) is 30.7 Å². The Morgan fingerprint density at radius 3 is 2.57 bits per heavy atom. The Labute approximate surface area is 127 Å². The van der Waals surface area contributed by atoms with Crippen LogP contribution in [0.5, 0.6) is 0 Å². The van der Waals surface area contributed by atoms with Crippen LogP contribution >= 0.6 is 0 Å². The number of hydrogen-bond acceptors (Lipinski definition) is 3. The van der Waals surface area contributed by atoms with Gasteiger partial charge in [0, 0.05) is 25.0 Å². The van der Waals surface area contributed by atoms with Gasteiger partial charge in [-0.05, 0) is 50.2 Å². The molecule has 21 heavy (non-hydrogen) atoms. The highest BCUT2D eigenvalue weighted by Crippen LogP contribution is 2.30. The summed E-state index contributed by atoms with van der Waals surface area (Å²) in [6, 6.07) is 15.2. The summed E-state index contributed by atoms with van der Waals surface area (Å²) in [7, 11) is 4.28. The molecule has 2 heterocycles. The lowest BCUT2D eigenvalue weighted by molar-refractivity contribution is 0.187. The van der Waals surface area contributed by atoms with E-state index >= 15 is 0 Å². The van der Waals surface area contributed by atoms with Crippen LogP contribution in [0.2, 0.25) is 0 Å². The first-order valence-electron chi connectivity index (χ1n) is 7.70. The Kier molecular flexibility index (Phi) is 4.20. The number of anilines is 2. The molecule has 1 fully saturated rings. The van der Waals surface area contributed by atoms with Crippen LogP contribution in [0, 0.1) is 0 Å². The van der Waals surface area contributed by atoms with Gasteiger partial charge in [-0.15, -0.1) is 0 Å². The summed E-state index contributed by atoms with van der Waals surface area (Å²) in [4.78, 5) is 9.23. The first-order valence-corrected chi connectivity index (χ1v) is 7.70. The molecular formula is C18H23N3. The number of likely N-dealkylation sites (tertiary alicyclic amines) is 1. The van der Waals surface area contributed by atoms with E-state index in [1.54, 1.807) is 0 Å². The van der Waals surface area contributed by atoms with Crippen molar-refractivity contribution in [2.75, 3.05) is 25.5 Å². The third kappa shape index (κ3) is 3.08. The predicted octanol–water partition coefficient (Wildman–Crippen LogP) is 4.01. The van der Waals surface area contributed by atoms with Gasteiger partial charge in [-0.25, -0.2) is 4.98 Å². The molecule has 0 bridgehead atoms. The molecule has 0 N–H and O–H groups in total. The van der Waals surface area contributed by atoms with Crippen LogP contribution in [0.15, 0.2) is 48.7 Å². The zero-order valence-electron chi connectivity index (χ0n) is 12.9. The maximum atomic E-state index is 4.66. The third-order valence-corrected chi connectivity index (χ3v) is 4.41. The monoisotopic (exact) mass is 281 g/mol. The molecule has 1 aromatic heterocycles. The van der Waals surface area contributed by atoms with Crippen molar-refractivity contribution in [2.24, 2.45) is 0 Å². The second-order valence-electron chi connectivity index (χ2n) is 5.84. The van der Waals surface area contributed by atoms with E-state index in [0.717, 1.165) is 11.5 Å². The maximum absolute atomic E-state index is 4.66. The van der Waals surface area contributed by atoms with Gasteiger partial charge in [-0.3, -0.25) is 4.90 Å². The van der Waals surface area contributed by atoms with Crippen molar-refractivity contribution < 1.29 is 0 Å². The van der Waals surface area contributed by atoms with Crippen molar-refractivity contribution in [1.82, 2.24) is 9.88 Å². The molecule has 3 heteroatoms. The lowest BCUT2D eigenvalue weighted by Gasteiger charge is -2.32. The van der Waals surface area contributed by atoms with Gasteiger partial charge in [0.1, 0.15) is 5.82 Å². The Morgan fingerprint density at radius 2 is 1.90 bits per heavy atom. The minimum Gasteiger partial charge on any atom is -0.329 e. The number of rotatable bonds is 3. The summed E-state index contributed by atoms with van der Waals surface area (Å²) in [6.07, 6.45) is 5.92. The highest BCUT2D eigenvalue weighted by Gasteiger charge is 2.20. The number of nitrogens with zero attached hydrogens (tertiary/aromatic N) is 3. The smallest absolute Gasteiger partial charge is 0.132 e. The van der Waals surface area contributed by atoms with E-state index in [0.29, 0.717) is 6.04 Å². The van der Waals surface area contributed by atoms with Crippen LogP contribution in [0.4, 0.5) is 11.5 Å². The molecule has 1 saturated heterocycles. The van der Waals surface area contributed by atoms with Crippen LogP contribution < -0.4 is 4.90 Å². The molecule has 110 valence electrons. The number of aromatic nitrogens is 1. The predicted molar refractivity (Wildman–Crippen MR) is 88.0 cm³/mol. The number of benzene rings is 1. The second-order valence-corrected chi connectivity index (χ2v) is 5.84. The lowest BCUT2D eigenvalue weighted by Crippen LogP contribution is -2.29. The summed E-state index contributed by atoms with van der Waals surface area (Å²) in [5.74, 6) is 0.989. The molecule has 0 unspecified atom stereocenters. The lowest BCUT2D eigenvalue weighted by atomic mass is 9.97. The van der Waals surface area contributed by atoms with Crippen molar-refractivity contribution in [3.63, 3.8) is 0 Å². The average molecular weight is 281 g/mol. The van der Waals surface area contributed by atoms with E-state index in [4.69, 9.17) is 0 Å². The molecule has 1 aromatic carbocycles. The molecule has 0 aliphatic carbocycles. The molecule has 2 aromatic rings. The minimum atomic E-state index is 0.530. The fraction of sp³-hybridized carbons (Fsp3) is 0.389. The van der Waals surface area contributed by atoms with Crippen LogP contribution in [0.3, 0.4) is 0 Å². The van der Waals surface area contributed by atoms with Crippen LogP contribution in [-0.4, -0.2) is 30.5 Å². The second kappa shape index (κ2) is 6.27. The fourth-order valence-electron chi connectivity index (χ4n) is 3.07. The molecule has 0 spiro atoms. The van der Waals surface area contributed by atoms with Crippen molar-refractivity contribution in [1.29, 1.82) is 0 Å². The maximum Gasteiger partial charge on any atom is 0.132 e. The third-order valence-electron chi connectivity index (χ3n) is 4.41. The number of piperidine rings is 1. The van der Waals surface area contributed by atoms with Gasteiger partial charge in [0.05, 0.1) is 0 Å². The molecule has 3 nitrogen and oxygen atoms in total. The Morgan fingerprint density at radius 1 is 1.10 bits per heavy atom. The standard InChI is InChI=1S/C18H23N3/c1-20-13-7-6-10-17(20)15-11-12-18(19-14-15)21(2)16-8-4-3-5-9-16/h3-5,8-9,11-12,14,17H,6-7,10,13H2,1-2H3/t17-/m1/s1. The summed E-state index contributed by atoms with van der Waals surface area (Å²) in [5.41, 5.74) is 2.50. The van der Waals surface area contributed by atoms with Gasteiger partial charge < -0.3 is 4.90 Å². The highest BCUT2D eigenvalue weighted by molar-refractivity contribution is 5.58. The van der Waals surface area contributed by atoms with E-state index < -0.39 is 0 Å². The van der Waals surface area contributed by atoms with Crippen molar-refractivity contribution in [3.05, 3.63) is 54.2 Å². The Hall–Kier alpha value is -1.87. The number of pyridine rings is 1. The van der Waals surface area contributed by atoms with Crippen molar-refractivity contribution in [2.45, 2.75) is 25.3 Å². The first-order chi connectivity index (χ1) is 10.3. The number of para-hydroxylation sites is 1. The van der Waals surface area contributed by atoms with Gasteiger partial charge in [0.25, 0.3) is 0 Å². The van der Waals surface area contributed by atoms with E-state index in [1.165, 1.54) is 31.4 Å². The molecule has 1 aliphatic rings. The quantitative estimate of drug-likeness (QED) is 0.847. The minimum absolute atomic E-state index is 0.530. The summed E-state index contributed by atoms with van der Waals surface area (Å²) in [6.45, 7) is 1.19. The molecule has 0 amide bonds. The van der Waals surface area contributed by atoms with E-state index in [-0.39, 0.29) is 0 Å². The largest absolute Gasteiger partial charge is 0.329 e. The molecule has 1 atom stereocenters. The van der Waals surface area contributed by atoms with Crippen LogP contribution in [0.1, 0.15) is 30.9 Å². The van der Waals surface area contributed by atoms with E-state index in [9.17, 15) is 0 Å². The average Bonchev–Trinajstić information content (AvgIpc) is 2.56. The highest BCUT2D eigenvalue weighted by atomic mass is 15.2. The Balaban J connectivity index is 1.77. The van der Waals surface area contributed by atoms with Crippen LogP contribution in [0.25, 0.3) is 0 Å². The van der Waals surface area contributed by atoms with E-state index in [1.807, 2.05) is 12.3 Å². The van der Waals surface area contributed by atoms with Gasteiger partial charge in [-0.2, -0.15) is 0 Å². The molecule has 0 radical (unpaired) electrons. The van der Waals surface area contributed by atoms with E-state index in [2.05, 4.69) is 65.3 Å². The number of hydrogen-bond donors (Lipinski definition) is 0. The summed E-state index contributed by atoms with van der Waals surface area (Å²) >= 11 is 0. The SMILES string of the molecule is CN(c1ccccc1)c1ccc([C@H]2CCCCN2C)cn1. The van der Waals surface area contributed by atoms with Crippen LogP contribution in [-0.2, 0) is 0 Å². The summed E-state index contributed by atoms with van der Waals surface area (Å²) in [5, 5.41) is 0. The van der Waals surface area contributed by atoms with Crippen molar-refractivity contribution in [3.8, 4) is 0 Å². The fourth-order valence-corrected chi connectivity index (χ4v) is 3.07. The molecule has 1 aliphatic heterocycles. The zero-order chi connectivity index (χ0) is 14.7.